The Morgan fingerprint density at radius 1 is 1.15 bits per heavy atom. The van der Waals surface area contributed by atoms with E-state index < -0.39 is 0 Å². The van der Waals surface area contributed by atoms with E-state index in [0.29, 0.717) is 6.54 Å². The molecule has 6 nitrogen and oxygen atoms in total. The highest BCUT2D eigenvalue weighted by Crippen LogP contribution is 2.40. The number of hydrogen-bond acceptors (Lipinski definition) is 3. The number of aryl methyl sites for hydroxylation is 1. The molecule has 1 aromatic heterocycles. The van der Waals surface area contributed by atoms with Crippen molar-refractivity contribution < 1.29 is 0 Å². The molecule has 0 unspecified atom stereocenters. The van der Waals surface area contributed by atoms with Gasteiger partial charge in [-0.15, -0.1) is 10.2 Å². The van der Waals surface area contributed by atoms with Crippen LogP contribution in [0.3, 0.4) is 0 Å². The van der Waals surface area contributed by atoms with Crippen molar-refractivity contribution in [1.82, 2.24) is 25.4 Å². The summed E-state index contributed by atoms with van der Waals surface area (Å²) < 4.78 is 1.98. The largest absolute Gasteiger partial charge is 0.357 e. The van der Waals surface area contributed by atoms with Crippen LogP contribution in [0.4, 0.5) is 0 Å². The van der Waals surface area contributed by atoms with E-state index in [2.05, 4.69) is 58.1 Å². The van der Waals surface area contributed by atoms with Crippen molar-refractivity contribution in [3.05, 3.63) is 47.5 Å². The molecular formula is C20H30N6. The zero-order valence-corrected chi connectivity index (χ0v) is 16.1. The minimum absolute atomic E-state index is 0.207. The lowest BCUT2D eigenvalue weighted by molar-refractivity contribution is 0.431. The average Bonchev–Trinajstić information content (AvgIpc) is 3.27. The van der Waals surface area contributed by atoms with E-state index in [1.807, 2.05) is 18.5 Å². The van der Waals surface area contributed by atoms with Crippen molar-refractivity contribution in [2.24, 2.45) is 12.0 Å². The second kappa shape index (κ2) is 8.34. The van der Waals surface area contributed by atoms with Crippen molar-refractivity contribution in [3.8, 4) is 0 Å². The Morgan fingerprint density at radius 2 is 1.88 bits per heavy atom. The summed E-state index contributed by atoms with van der Waals surface area (Å²) in [4.78, 5) is 4.71. The number of guanidine groups is 1. The smallest absolute Gasteiger partial charge is 0.191 e. The van der Waals surface area contributed by atoms with E-state index in [1.165, 1.54) is 31.2 Å². The zero-order valence-electron chi connectivity index (χ0n) is 16.1. The molecule has 2 N–H and O–H groups in total. The van der Waals surface area contributed by atoms with Crippen LogP contribution in [0.1, 0.15) is 49.8 Å². The van der Waals surface area contributed by atoms with Gasteiger partial charge in [0, 0.05) is 25.6 Å². The van der Waals surface area contributed by atoms with Crippen molar-refractivity contribution in [2.75, 3.05) is 13.1 Å². The number of aromatic nitrogens is 3. The summed E-state index contributed by atoms with van der Waals surface area (Å²) in [5.74, 6) is 2.62. The van der Waals surface area contributed by atoms with Gasteiger partial charge in [0.1, 0.15) is 12.4 Å². The highest BCUT2D eigenvalue weighted by atomic mass is 15.3. The van der Waals surface area contributed by atoms with Gasteiger partial charge in [0.15, 0.2) is 11.8 Å². The maximum absolute atomic E-state index is 4.71. The minimum atomic E-state index is 0.207. The van der Waals surface area contributed by atoms with Gasteiger partial charge < -0.3 is 15.2 Å². The van der Waals surface area contributed by atoms with Gasteiger partial charge in [-0.2, -0.15) is 0 Å². The van der Waals surface area contributed by atoms with Crippen molar-refractivity contribution in [3.63, 3.8) is 0 Å². The van der Waals surface area contributed by atoms with Crippen molar-refractivity contribution in [1.29, 1.82) is 0 Å². The van der Waals surface area contributed by atoms with Gasteiger partial charge in [0.2, 0.25) is 0 Å². The van der Waals surface area contributed by atoms with Crippen LogP contribution in [0.15, 0.2) is 35.3 Å². The SMILES string of the molecule is CCNC(=NCc1nnc(C)n1C)NCC1(c2ccccc2)CCCC1. The Balaban J connectivity index is 1.71. The third-order valence-corrected chi connectivity index (χ3v) is 5.45. The molecule has 1 saturated carbocycles. The second-order valence-electron chi connectivity index (χ2n) is 7.12. The van der Waals surface area contributed by atoms with Crippen LogP contribution in [-0.2, 0) is 19.0 Å². The second-order valence-corrected chi connectivity index (χ2v) is 7.12. The standard InChI is InChI=1S/C20H30N6/c1-4-21-19(22-14-18-25-24-16(2)26(18)3)23-15-20(12-8-9-13-20)17-10-6-5-7-11-17/h5-7,10-11H,4,8-9,12-15H2,1-3H3,(H2,21,22,23). The van der Waals surface area contributed by atoms with Crippen LogP contribution >= 0.6 is 0 Å². The van der Waals surface area contributed by atoms with E-state index in [9.17, 15) is 0 Å². The van der Waals surface area contributed by atoms with E-state index in [-0.39, 0.29) is 5.41 Å². The minimum Gasteiger partial charge on any atom is -0.357 e. The van der Waals surface area contributed by atoms with E-state index in [0.717, 1.165) is 30.7 Å². The third-order valence-electron chi connectivity index (χ3n) is 5.45. The monoisotopic (exact) mass is 354 g/mol. The van der Waals surface area contributed by atoms with Crippen LogP contribution in [0.5, 0.6) is 0 Å². The molecule has 1 aromatic carbocycles. The number of hydrogen-bond donors (Lipinski definition) is 2. The molecule has 2 aromatic rings. The number of aliphatic imine (C=N–C) groups is 1. The van der Waals surface area contributed by atoms with Gasteiger partial charge in [-0.05, 0) is 32.3 Å². The average molecular weight is 355 g/mol. The molecule has 1 aliphatic carbocycles. The van der Waals surface area contributed by atoms with Crippen LogP contribution < -0.4 is 10.6 Å². The lowest BCUT2D eigenvalue weighted by Gasteiger charge is -2.30. The van der Waals surface area contributed by atoms with Gasteiger partial charge in [0.05, 0.1) is 0 Å². The zero-order chi connectivity index (χ0) is 18.4. The first-order valence-corrected chi connectivity index (χ1v) is 9.57. The molecule has 0 atom stereocenters. The molecule has 26 heavy (non-hydrogen) atoms. The van der Waals surface area contributed by atoms with Crippen molar-refractivity contribution >= 4 is 5.96 Å². The molecule has 1 aliphatic rings. The molecule has 1 fully saturated rings. The summed E-state index contributed by atoms with van der Waals surface area (Å²) in [6.45, 7) is 6.30. The molecule has 0 saturated heterocycles. The molecule has 140 valence electrons. The van der Waals surface area contributed by atoms with E-state index in [1.54, 1.807) is 0 Å². The number of nitrogens with zero attached hydrogens (tertiary/aromatic N) is 4. The van der Waals surface area contributed by atoms with Gasteiger partial charge in [-0.1, -0.05) is 43.2 Å². The fourth-order valence-electron chi connectivity index (χ4n) is 3.74. The highest BCUT2D eigenvalue weighted by Gasteiger charge is 2.35. The van der Waals surface area contributed by atoms with Gasteiger partial charge in [-0.25, -0.2) is 4.99 Å². The molecule has 6 heteroatoms. The fraction of sp³-hybridized carbons (Fsp3) is 0.550. The van der Waals surface area contributed by atoms with Crippen molar-refractivity contribution in [2.45, 2.75) is 51.5 Å². The number of nitrogens with one attached hydrogen (secondary N) is 2. The van der Waals surface area contributed by atoms with Crippen LogP contribution in [0.2, 0.25) is 0 Å². The topological polar surface area (TPSA) is 67.1 Å². The first kappa shape index (κ1) is 18.4. The highest BCUT2D eigenvalue weighted by molar-refractivity contribution is 5.79. The van der Waals surface area contributed by atoms with Gasteiger partial charge >= 0.3 is 0 Å². The Hall–Kier alpha value is -2.37. The molecule has 0 radical (unpaired) electrons. The van der Waals surface area contributed by atoms with Crippen LogP contribution in [0, 0.1) is 6.92 Å². The maximum Gasteiger partial charge on any atom is 0.191 e. The summed E-state index contributed by atoms with van der Waals surface area (Å²) in [6.07, 6.45) is 5.04. The molecule has 1 heterocycles. The quantitative estimate of drug-likeness (QED) is 0.618. The number of rotatable bonds is 6. The Kier molecular flexibility index (Phi) is 5.91. The Bertz CT molecular complexity index is 728. The molecule has 0 amide bonds. The lowest BCUT2D eigenvalue weighted by atomic mass is 9.79. The van der Waals surface area contributed by atoms with E-state index >= 15 is 0 Å². The summed E-state index contributed by atoms with van der Waals surface area (Å²) in [5.41, 5.74) is 1.64. The maximum atomic E-state index is 4.71. The van der Waals surface area contributed by atoms with E-state index in [4.69, 9.17) is 4.99 Å². The molecule has 3 rings (SSSR count). The predicted octanol–water partition coefficient (Wildman–Crippen LogP) is 2.69. The summed E-state index contributed by atoms with van der Waals surface area (Å²) in [6, 6.07) is 10.9. The first-order chi connectivity index (χ1) is 12.6. The molecule has 0 bridgehead atoms. The Morgan fingerprint density at radius 3 is 2.50 bits per heavy atom. The molecule has 0 aliphatic heterocycles. The molecular weight excluding hydrogens is 324 g/mol. The number of benzene rings is 1. The Labute approximate surface area is 156 Å². The fourth-order valence-corrected chi connectivity index (χ4v) is 3.74. The third kappa shape index (κ3) is 4.06. The summed E-state index contributed by atoms with van der Waals surface area (Å²) in [7, 11) is 1.98. The lowest BCUT2D eigenvalue weighted by Crippen LogP contribution is -2.44. The molecule has 0 spiro atoms. The first-order valence-electron chi connectivity index (χ1n) is 9.57. The van der Waals surface area contributed by atoms with Crippen LogP contribution in [-0.4, -0.2) is 33.8 Å². The van der Waals surface area contributed by atoms with Gasteiger partial charge in [-0.3, -0.25) is 0 Å². The summed E-state index contributed by atoms with van der Waals surface area (Å²) in [5, 5.41) is 15.2. The predicted molar refractivity (Wildman–Crippen MR) is 105 cm³/mol. The van der Waals surface area contributed by atoms with Crippen LogP contribution in [0.25, 0.3) is 0 Å². The normalized spacial score (nSPS) is 16.7. The summed E-state index contributed by atoms with van der Waals surface area (Å²) >= 11 is 0. The van der Waals surface area contributed by atoms with Gasteiger partial charge in [0.25, 0.3) is 0 Å².